The SMILES string of the molecule is N#CC1=C(N)CC1. The van der Waals surface area contributed by atoms with Gasteiger partial charge in [0.25, 0.3) is 0 Å². The third-order valence-electron chi connectivity index (χ3n) is 1.17. The van der Waals surface area contributed by atoms with Crippen molar-refractivity contribution in [2.45, 2.75) is 12.8 Å². The van der Waals surface area contributed by atoms with Crippen molar-refractivity contribution in [2.24, 2.45) is 5.73 Å². The lowest BCUT2D eigenvalue weighted by molar-refractivity contribution is 0.815. The van der Waals surface area contributed by atoms with Gasteiger partial charge in [-0.25, -0.2) is 0 Å². The van der Waals surface area contributed by atoms with Gasteiger partial charge in [-0.15, -0.1) is 0 Å². The summed E-state index contributed by atoms with van der Waals surface area (Å²) in [5.41, 5.74) is 6.85. The van der Waals surface area contributed by atoms with E-state index in [0.717, 1.165) is 24.1 Å². The van der Waals surface area contributed by atoms with Gasteiger partial charge in [-0.1, -0.05) is 0 Å². The van der Waals surface area contributed by atoms with Gasteiger partial charge >= 0.3 is 0 Å². The quantitative estimate of drug-likeness (QED) is 0.475. The Morgan fingerprint density at radius 2 is 2.29 bits per heavy atom. The highest BCUT2D eigenvalue weighted by atomic mass is 14.6. The Balaban J connectivity index is 2.76. The molecule has 0 amide bonds. The smallest absolute Gasteiger partial charge is 0.0965 e. The van der Waals surface area contributed by atoms with Crippen LogP contribution in [0.2, 0.25) is 0 Å². The molecule has 0 spiro atoms. The molecule has 2 heteroatoms. The van der Waals surface area contributed by atoms with Crippen LogP contribution in [-0.2, 0) is 0 Å². The summed E-state index contributed by atoms with van der Waals surface area (Å²) < 4.78 is 0. The molecule has 0 saturated heterocycles. The summed E-state index contributed by atoms with van der Waals surface area (Å²) in [4.78, 5) is 0. The van der Waals surface area contributed by atoms with E-state index >= 15 is 0 Å². The highest BCUT2D eigenvalue weighted by molar-refractivity contribution is 5.33. The lowest BCUT2D eigenvalue weighted by Gasteiger charge is -2.11. The molecule has 2 N–H and O–H groups in total. The minimum atomic E-state index is 0.778. The molecule has 0 aromatic rings. The Labute approximate surface area is 42.2 Å². The summed E-state index contributed by atoms with van der Waals surface area (Å²) in [7, 11) is 0. The second kappa shape index (κ2) is 1.27. The van der Waals surface area contributed by atoms with Crippen molar-refractivity contribution >= 4 is 0 Å². The molecule has 0 aliphatic heterocycles. The number of hydrogen-bond donors (Lipinski definition) is 1. The monoisotopic (exact) mass is 94.1 g/mol. The van der Waals surface area contributed by atoms with Gasteiger partial charge in [-0.3, -0.25) is 0 Å². The maximum atomic E-state index is 8.17. The molecular weight excluding hydrogens is 88.1 g/mol. The van der Waals surface area contributed by atoms with Crippen LogP contribution in [0.5, 0.6) is 0 Å². The second-order valence-corrected chi connectivity index (χ2v) is 1.62. The van der Waals surface area contributed by atoms with Crippen LogP contribution in [0.1, 0.15) is 12.8 Å². The molecular formula is C5H6N2. The molecule has 0 heterocycles. The summed E-state index contributed by atoms with van der Waals surface area (Å²) in [6.45, 7) is 0. The first kappa shape index (κ1) is 4.20. The largest absolute Gasteiger partial charge is 0.401 e. The average Bonchev–Trinajstić information content (AvgIpc) is 1.65. The molecule has 0 fully saturated rings. The van der Waals surface area contributed by atoms with Gasteiger partial charge in [-0.2, -0.15) is 5.26 Å². The highest BCUT2D eigenvalue weighted by Crippen LogP contribution is 2.21. The van der Waals surface area contributed by atoms with Crippen LogP contribution in [-0.4, -0.2) is 0 Å². The second-order valence-electron chi connectivity index (χ2n) is 1.62. The van der Waals surface area contributed by atoms with Gasteiger partial charge in [0, 0.05) is 11.3 Å². The third kappa shape index (κ3) is 0.459. The lowest BCUT2D eigenvalue weighted by Crippen LogP contribution is -2.10. The molecule has 0 atom stereocenters. The van der Waals surface area contributed by atoms with E-state index in [-0.39, 0.29) is 0 Å². The molecule has 7 heavy (non-hydrogen) atoms. The fraction of sp³-hybridized carbons (Fsp3) is 0.400. The summed E-state index contributed by atoms with van der Waals surface area (Å²) in [6, 6.07) is 2.01. The number of nitrogens with two attached hydrogens (primary N) is 1. The van der Waals surface area contributed by atoms with Crippen molar-refractivity contribution in [1.29, 1.82) is 5.26 Å². The highest BCUT2D eigenvalue weighted by Gasteiger charge is 2.11. The molecule has 1 aliphatic rings. The summed E-state index contributed by atoms with van der Waals surface area (Å²) in [5, 5.41) is 8.17. The lowest BCUT2D eigenvalue weighted by atomic mass is 9.96. The van der Waals surface area contributed by atoms with Gasteiger partial charge in [0.1, 0.15) is 0 Å². The molecule has 0 unspecified atom stereocenters. The Morgan fingerprint density at radius 3 is 2.29 bits per heavy atom. The van der Waals surface area contributed by atoms with Crippen LogP contribution in [0.4, 0.5) is 0 Å². The van der Waals surface area contributed by atoms with E-state index in [1.54, 1.807) is 0 Å². The Morgan fingerprint density at radius 1 is 1.57 bits per heavy atom. The molecule has 36 valence electrons. The van der Waals surface area contributed by atoms with Gasteiger partial charge in [0.15, 0.2) is 0 Å². The van der Waals surface area contributed by atoms with Crippen LogP contribution in [0.25, 0.3) is 0 Å². The standard InChI is InChI=1S/C5H6N2/c6-3-4-1-2-5(4)7/h1-2,7H2. The van der Waals surface area contributed by atoms with E-state index in [1.807, 2.05) is 6.07 Å². The summed E-state index contributed by atoms with van der Waals surface area (Å²) in [5.74, 6) is 0. The number of nitrogens with zero attached hydrogens (tertiary/aromatic N) is 1. The zero-order valence-electron chi connectivity index (χ0n) is 3.94. The minimum absolute atomic E-state index is 0.778. The Bertz CT molecular complexity index is 150. The number of nitriles is 1. The van der Waals surface area contributed by atoms with Gasteiger partial charge in [0.2, 0.25) is 0 Å². The first-order valence-corrected chi connectivity index (χ1v) is 2.22. The van der Waals surface area contributed by atoms with E-state index in [1.165, 1.54) is 0 Å². The number of allylic oxidation sites excluding steroid dienone is 2. The first-order valence-electron chi connectivity index (χ1n) is 2.22. The van der Waals surface area contributed by atoms with Gasteiger partial charge in [0.05, 0.1) is 6.07 Å². The van der Waals surface area contributed by atoms with Crippen LogP contribution in [0.3, 0.4) is 0 Å². The topological polar surface area (TPSA) is 49.8 Å². The van der Waals surface area contributed by atoms with E-state index in [9.17, 15) is 0 Å². The van der Waals surface area contributed by atoms with Crippen molar-refractivity contribution in [3.63, 3.8) is 0 Å². The van der Waals surface area contributed by atoms with E-state index in [0.29, 0.717) is 0 Å². The van der Waals surface area contributed by atoms with Crippen LogP contribution in [0, 0.1) is 11.3 Å². The van der Waals surface area contributed by atoms with Crippen LogP contribution < -0.4 is 5.73 Å². The van der Waals surface area contributed by atoms with E-state index in [2.05, 4.69) is 0 Å². The average molecular weight is 94.1 g/mol. The van der Waals surface area contributed by atoms with E-state index < -0.39 is 0 Å². The fourth-order valence-corrected chi connectivity index (χ4v) is 0.522. The first-order chi connectivity index (χ1) is 3.34. The zero-order chi connectivity index (χ0) is 5.28. The molecule has 0 saturated carbocycles. The van der Waals surface area contributed by atoms with Crippen molar-refractivity contribution < 1.29 is 0 Å². The predicted molar refractivity (Wildman–Crippen MR) is 26.1 cm³/mol. The predicted octanol–water partition coefficient (Wildman–Crippen LogP) is 0.517. The van der Waals surface area contributed by atoms with Crippen molar-refractivity contribution in [2.75, 3.05) is 0 Å². The third-order valence-corrected chi connectivity index (χ3v) is 1.17. The molecule has 0 aromatic heterocycles. The maximum Gasteiger partial charge on any atom is 0.0965 e. The Hall–Kier alpha value is -0.970. The molecule has 1 aliphatic carbocycles. The summed E-state index contributed by atoms with van der Waals surface area (Å²) >= 11 is 0. The molecule has 0 bridgehead atoms. The molecule has 0 aromatic carbocycles. The molecule has 1 rings (SSSR count). The number of hydrogen-bond acceptors (Lipinski definition) is 2. The zero-order valence-corrected chi connectivity index (χ0v) is 3.94. The van der Waals surface area contributed by atoms with Gasteiger partial charge in [-0.05, 0) is 12.8 Å². The number of rotatable bonds is 0. The van der Waals surface area contributed by atoms with Crippen molar-refractivity contribution in [3.8, 4) is 6.07 Å². The fourth-order valence-electron chi connectivity index (χ4n) is 0.522. The van der Waals surface area contributed by atoms with Crippen molar-refractivity contribution in [1.82, 2.24) is 0 Å². The van der Waals surface area contributed by atoms with Crippen LogP contribution >= 0.6 is 0 Å². The van der Waals surface area contributed by atoms with Gasteiger partial charge < -0.3 is 5.73 Å². The van der Waals surface area contributed by atoms with Crippen LogP contribution in [0.15, 0.2) is 11.3 Å². The summed E-state index contributed by atoms with van der Waals surface area (Å²) in [6.07, 6.45) is 1.81. The minimum Gasteiger partial charge on any atom is -0.401 e. The van der Waals surface area contributed by atoms with Crippen molar-refractivity contribution in [3.05, 3.63) is 11.3 Å². The van der Waals surface area contributed by atoms with E-state index in [4.69, 9.17) is 11.0 Å². The molecule has 2 nitrogen and oxygen atoms in total. The molecule has 0 radical (unpaired) electrons. The normalized spacial score (nSPS) is 18.1. The maximum absolute atomic E-state index is 8.17. The Kier molecular flexibility index (Phi) is 0.759.